The number of hydrogen-bond donors (Lipinski definition) is 1. The molecule has 0 aliphatic rings. The zero-order valence-electron chi connectivity index (χ0n) is 11.3. The van der Waals surface area contributed by atoms with Gasteiger partial charge in [-0.2, -0.15) is 0 Å². The first-order valence-corrected chi connectivity index (χ1v) is 6.60. The van der Waals surface area contributed by atoms with Gasteiger partial charge in [-0.15, -0.1) is 0 Å². The molecular weight excluding hydrogens is 236 g/mol. The van der Waals surface area contributed by atoms with Gasteiger partial charge >= 0.3 is 0 Å². The highest BCUT2D eigenvalue weighted by Gasteiger charge is 2.00. The molecular formula is C16H20N2O. The predicted octanol–water partition coefficient (Wildman–Crippen LogP) is 2.59. The molecule has 19 heavy (non-hydrogen) atoms. The third-order valence-electron chi connectivity index (χ3n) is 2.86. The number of nitrogens with zero attached hydrogens (tertiary/aromatic N) is 1. The van der Waals surface area contributed by atoms with Crippen LogP contribution in [0.5, 0.6) is 5.75 Å². The third kappa shape index (κ3) is 4.72. The quantitative estimate of drug-likeness (QED) is 0.864. The van der Waals surface area contributed by atoms with Gasteiger partial charge in [0.25, 0.3) is 0 Å². The zero-order valence-corrected chi connectivity index (χ0v) is 11.3. The molecule has 3 heteroatoms. The molecule has 0 aliphatic heterocycles. The summed E-state index contributed by atoms with van der Waals surface area (Å²) in [6.07, 6.45) is 5.37. The van der Waals surface area contributed by atoms with Crippen LogP contribution in [-0.2, 0) is 12.8 Å². The van der Waals surface area contributed by atoms with Crippen molar-refractivity contribution in [3.05, 3.63) is 59.9 Å². The molecule has 1 aromatic carbocycles. The molecule has 1 unspecified atom stereocenters. The number of nitrogens with two attached hydrogens (primary N) is 1. The number of ether oxygens (including phenoxy) is 1. The van der Waals surface area contributed by atoms with Gasteiger partial charge in [-0.05, 0) is 48.7 Å². The van der Waals surface area contributed by atoms with E-state index in [4.69, 9.17) is 10.5 Å². The second kappa shape index (κ2) is 6.90. The van der Waals surface area contributed by atoms with Crippen LogP contribution >= 0.6 is 0 Å². The minimum atomic E-state index is 0.173. The average Bonchev–Trinajstić information content (AvgIpc) is 2.40. The van der Waals surface area contributed by atoms with Crippen LogP contribution in [0.15, 0.2) is 48.8 Å². The first-order chi connectivity index (χ1) is 9.24. The molecule has 1 aromatic heterocycles. The lowest BCUT2D eigenvalue weighted by Crippen LogP contribution is -2.17. The van der Waals surface area contributed by atoms with Gasteiger partial charge < -0.3 is 10.5 Å². The second-order valence-electron chi connectivity index (χ2n) is 4.78. The summed E-state index contributed by atoms with van der Waals surface area (Å²) in [5.41, 5.74) is 8.26. The number of aromatic nitrogens is 1. The van der Waals surface area contributed by atoms with Crippen LogP contribution in [0.4, 0.5) is 0 Å². The molecule has 100 valence electrons. The predicted molar refractivity (Wildman–Crippen MR) is 77.2 cm³/mol. The lowest BCUT2D eigenvalue weighted by atomic mass is 10.1. The Hall–Kier alpha value is -1.87. The van der Waals surface area contributed by atoms with Crippen molar-refractivity contribution in [1.82, 2.24) is 4.98 Å². The minimum Gasteiger partial charge on any atom is -0.493 e. The number of pyridine rings is 1. The summed E-state index contributed by atoms with van der Waals surface area (Å²) in [5, 5.41) is 0. The Morgan fingerprint density at radius 3 is 2.68 bits per heavy atom. The molecule has 0 amide bonds. The Labute approximate surface area is 114 Å². The summed E-state index contributed by atoms with van der Waals surface area (Å²) in [5.74, 6) is 0.909. The van der Waals surface area contributed by atoms with E-state index < -0.39 is 0 Å². The first-order valence-electron chi connectivity index (χ1n) is 6.60. The third-order valence-corrected chi connectivity index (χ3v) is 2.86. The van der Waals surface area contributed by atoms with E-state index >= 15 is 0 Å². The Balaban J connectivity index is 1.86. The second-order valence-corrected chi connectivity index (χ2v) is 4.78. The fourth-order valence-corrected chi connectivity index (χ4v) is 1.97. The van der Waals surface area contributed by atoms with E-state index in [1.54, 1.807) is 12.4 Å². The molecule has 0 saturated carbocycles. The van der Waals surface area contributed by atoms with Crippen LogP contribution in [0.3, 0.4) is 0 Å². The van der Waals surface area contributed by atoms with E-state index in [9.17, 15) is 0 Å². The molecule has 0 bridgehead atoms. The SMILES string of the molecule is CC(N)Cc1cccc(OCCc2ccncc2)c1. The van der Waals surface area contributed by atoms with Crippen LogP contribution in [0, 0.1) is 0 Å². The molecule has 0 saturated heterocycles. The molecule has 2 rings (SSSR count). The summed E-state index contributed by atoms with van der Waals surface area (Å²) >= 11 is 0. The summed E-state index contributed by atoms with van der Waals surface area (Å²) in [6, 6.07) is 12.3. The van der Waals surface area contributed by atoms with E-state index in [0.29, 0.717) is 6.61 Å². The molecule has 2 aromatic rings. The molecule has 1 heterocycles. The largest absolute Gasteiger partial charge is 0.493 e. The Morgan fingerprint density at radius 2 is 1.95 bits per heavy atom. The van der Waals surface area contributed by atoms with Crippen molar-refractivity contribution in [2.75, 3.05) is 6.61 Å². The Kier molecular flexibility index (Phi) is 4.93. The van der Waals surface area contributed by atoms with Crippen LogP contribution in [0.25, 0.3) is 0 Å². The van der Waals surface area contributed by atoms with Gasteiger partial charge in [0.05, 0.1) is 6.61 Å². The highest BCUT2D eigenvalue weighted by molar-refractivity contribution is 5.29. The van der Waals surface area contributed by atoms with E-state index in [1.807, 2.05) is 31.2 Å². The maximum atomic E-state index is 5.80. The van der Waals surface area contributed by atoms with Gasteiger partial charge in [-0.3, -0.25) is 4.98 Å². The fourth-order valence-electron chi connectivity index (χ4n) is 1.97. The van der Waals surface area contributed by atoms with Gasteiger partial charge in [0, 0.05) is 24.9 Å². The average molecular weight is 256 g/mol. The molecule has 3 nitrogen and oxygen atoms in total. The van der Waals surface area contributed by atoms with Crippen molar-refractivity contribution in [2.45, 2.75) is 25.8 Å². The zero-order chi connectivity index (χ0) is 13.5. The monoisotopic (exact) mass is 256 g/mol. The maximum absolute atomic E-state index is 5.80. The molecule has 0 fully saturated rings. The van der Waals surface area contributed by atoms with Crippen molar-refractivity contribution in [3.8, 4) is 5.75 Å². The van der Waals surface area contributed by atoms with Crippen molar-refractivity contribution >= 4 is 0 Å². The number of hydrogen-bond acceptors (Lipinski definition) is 3. The van der Waals surface area contributed by atoms with Crippen molar-refractivity contribution in [2.24, 2.45) is 5.73 Å². The van der Waals surface area contributed by atoms with Crippen LogP contribution in [0.2, 0.25) is 0 Å². The summed E-state index contributed by atoms with van der Waals surface area (Å²) in [7, 11) is 0. The van der Waals surface area contributed by atoms with Crippen molar-refractivity contribution < 1.29 is 4.74 Å². The number of benzene rings is 1. The topological polar surface area (TPSA) is 48.1 Å². The summed E-state index contributed by atoms with van der Waals surface area (Å²) < 4.78 is 5.77. The molecule has 0 spiro atoms. The van der Waals surface area contributed by atoms with Gasteiger partial charge in [0.1, 0.15) is 5.75 Å². The molecule has 1 atom stereocenters. The lowest BCUT2D eigenvalue weighted by molar-refractivity contribution is 0.321. The molecule has 2 N–H and O–H groups in total. The van der Waals surface area contributed by atoms with E-state index in [2.05, 4.69) is 17.1 Å². The summed E-state index contributed by atoms with van der Waals surface area (Å²) in [4.78, 5) is 4.00. The van der Waals surface area contributed by atoms with E-state index in [-0.39, 0.29) is 6.04 Å². The lowest BCUT2D eigenvalue weighted by Gasteiger charge is -2.09. The van der Waals surface area contributed by atoms with E-state index in [1.165, 1.54) is 11.1 Å². The van der Waals surface area contributed by atoms with Crippen molar-refractivity contribution in [1.29, 1.82) is 0 Å². The highest BCUT2D eigenvalue weighted by Crippen LogP contribution is 2.14. The smallest absolute Gasteiger partial charge is 0.119 e. The highest BCUT2D eigenvalue weighted by atomic mass is 16.5. The van der Waals surface area contributed by atoms with Gasteiger partial charge in [0.15, 0.2) is 0 Å². The number of rotatable bonds is 6. The van der Waals surface area contributed by atoms with Gasteiger partial charge in [-0.25, -0.2) is 0 Å². The van der Waals surface area contributed by atoms with E-state index in [0.717, 1.165) is 18.6 Å². The van der Waals surface area contributed by atoms with Gasteiger partial charge in [0.2, 0.25) is 0 Å². The van der Waals surface area contributed by atoms with Gasteiger partial charge in [-0.1, -0.05) is 12.1 Å². The first kappa shape index (κ1) is 13.6. The van der Waals surface area contributed by atoms with Crippen LogP contribution < -0.4 is 10.5 Å². The van der Waals surface area contributed by atoms with Crippen molar-refractivity contribution in [3.63, 3.8) is 0 Å². The minimum absolute atomic E-state index is 0.173. The molecule has 0 aliphatic carbocycles. The van der Waals surface area contributed by atoms with Crippen LogP contribution in [-0.4, -0.2) is 17.6 Å². The standard InChI is InChI=1S/C16H20N2O/c1-13(17)11-15-3-2-4-16(12-15)19-10-7-14-5-8-18-9-6-14/h2-6,8-9,12-13H,7,10-11,17H2,1H3. The maximum Gasteiger partial charge on any atom is 0.119 e. The fraction of sp³-hybridized carbons (Fsp3) is 0.312. The summed E-state index contributed by atoms with van der Waals surface area (Å²) in [6.45, 7) is 2.68. The molecule has 0 radical (unpaired) electrons. The Bertz CT molecular complexity index is 497. The normalized spacial score (nSPS) is 12.1. The van der Waals surface area contributed by atoms with Crippen LogP contribution in [0.1, 0.15) is 18.1 Å². The Morgan fingerprint density at radius 1 is 1.16 bits per heavy atom.